The van der Waals surface area contributed by atoms with E-state index in [0.29, 0.717) is 0 Å². The summed E-state index contributed by atoms with van der Waals surface area (Å²) in [5.74, 6) is -1.15. The zero-order chi connectivity index (χ0) is 13.0. The second kappa shape index (κ2) is 5.82. The van der Waals surface area contributed by atoms with Crippen LogP contribution in [0.5, 0.6) is 0 Å². The Hall–Kier alpha value is -1.35. The van der Waals surface area contributed by atoms with E-state index in [4.69, 9.17) is 5.11 Å². The lowest BCUT2D eigenvalue weighted by molar-refractivity contribution is -0.142. The maximum atomic E-state index is 10.9. The van der Waals surface area contributed by atoms with E-state index in [1.54, 1.807) is 6.92 Å². The summed E-state index contributed by atoms with van der Waals surface area (Å²) in [6.07, 6.45) is 0. The minimum atomic E-state index is -0.763. The number of carboxylic acid groups (broad SMARTS) is 1. The van der Waals surface area contributed by atoms with Crippen LogP contribution in [0.1, 0.15) is 37.9 Å². The van der Waals surface area contributed by atoms with E-state index in [-0.39, 0.29) is 18.0 Å². The van der Waals surface area contributed by atoms with Gasteiger partial charge in [-0.2, -0.15) is 0 Å². The molecule has 0 aliphatic rings. The Labute approximate surface area is 103 Å². The van der Waals surface area contributed by atoms with Gasteiger partial charge in [-0.05, 0) is 26.3 Å². The first-order valence-corrected chi connectivity index (χ1v) is 5.97. The second-order valence-corrected chi connectivity index (χ2v) is 4.72. The van der Waals surface area contributed by atoms with Crippen molar-refractivity contribution in [1.82, 2.24) is 5.32 Å². The van der Waals surface area contributed by atoms with E-state index >= 15 is 0 Å². The lowest BCUT2D eigenvalue weighted by Gasteiger charge is -2.23. The van der Waals surface area contributed by atoms with Crippen molar-refractivity contribution in [3.8, 4) is 0 Å². The van der Waals surface area contributed by atoms with Gasteiger partial charge in [0.1, 0.15) is 0 Å². The molecule has 94 valence electrons. The van der Waals surface area contributed by atoms with Crippen LogP contribution in [0.4, 0.5) is 0 Å². The van der Waals surface area contributed by atoms with Gasteiger partial charge in [-0.1, -0.05) is 36.8 Å². The Morgan fingerprint density at radius 3 is 2.47 bits per heavy atom. The van der Waals surface area contributed by atoms with Crippen molar-refractivity contribution < 1.29 is 9.90 Å². The molecule has 3 nitrogen and oxygen atoms in total. The smallest absolute Gasteiger partial charge is 0.307 e. The van der Waals surface area contributed by atoms with E-state index in [9.17, 15) is 4.79 Å². The molecule has 1 aromatic rings. The van der Waals surface area contributed by atoms with Crippen molar-refractivity contribution in [2.45, 2.75) is 39.8 Å². The molecule has 0 aromatic heterocycles. The van der Waals surface area contributed by atoms with E-state index in [2.05, 4.69) is 37.4 Å². The number of aliphatic carboxylic acids is 1. The summed E-state index contributed by atoms with van der Waals surface area (Å²) in [5, 5.41) is 12.3. The first kappa shape index (κ1) is 13.7. The SMILES string of the molecule is Cc1cccc([C@@H](C)NC(C)C(C)C(=O)O)c1. The predicted octanol–water partition coefficient (Wildman–Crippen LogP) is 2.75. The van der Waals surface area contributed by atoms with Crippen LogP contribution in [0.3, 0.4) is 0 Å². The molecule has 0 aliphatic carbocycles. The van der Waals surface area contributed by atoms with Crippen molar-refractivity contribution in [2.24, 2.45) is 5.92 Å². The fourth-order valence-electron chi connectivity index (χ4n) is 1.79. The van der Waals surface area contributed by atoms with Gasteiger partial charge in [-0.3, -0.25) is 4.79 Å². The molecule has 0 fully saturated rings. The molecule has 0 amide bonds. The largest absolute Gasteiger partial charge is 0.481 e. The summed E-state index contributed by atoms with van der Waals surface area (Å²) in [5.41, 5.74) is 2.41. The summed E-state index contributed by atoms with van der Waals surface area (Å²) in [7, 11) is 0. The van der Waals surface area contributed by atoms with Crippen molar-refractivity contribution >= 4 is 5.97 Å². The van der Waals surface area contributed by atoms with E-state index < -0.39 is 5.97 Å². The van der Waals surface area contributed by atoms with Crippen LogP contribution in [0.25, 0.3) is 0 Å². The molecule has 0 spiro atoms. The maximum absolute atomic E-state index is 10.9. The second-order valence-electron chi connectivity index (χ2n) is 4.72. The van der Waals surface area contributed by atoms with Crippen molar-refractivity contribution in [2.75, 3.05) is 0 Å². The van der Waals surface area contributed by atoms with Crippen molar-refractivity contribution in [1.29, 1.82) is 0 Å². The molecule has 17 heavy (non-hydrogen) atoms. The fourth-order valence-corrected chi connectivity index (χ4v) is 1.79. The maximum Gasteiger partial charge on any atom is 0.307 e. The molecule has 0 heterocycles. The highest BCUT2D eigenvalue weighted by atomic mass is 16.4. The molecule has 3 atom stereocenters. The minimum Gasteiger partial charge on any atom is -0.481 e. The van der Waals surface area contributed by atoms with Gasteiger partial charge in [0, 0.05) is 12.1 Å². The first-order chi connectivity index (χ1) is 7.91. The van der Waals surface area contributed by atoms with Crippen LogP contribution in [0, 0.1) is 12.8 Å². The number of hydrogen-bond acceptors (Lipinski definition) is 2. The summed E-state index contributed by atoms with van der Waals surface area (Å²) < 4.78 is 0. The Bertz CT molecular complexity index is 390. The van der Waals surface area contributed by atoms with Gasteiger partial charge in [0.25, 0.3) is 0 Å². The van der Waals surface area contributed by atoms with E-state index in [1.165, 1.54) is 11.1 Å². The lowest BCUT2D eigenvalue weighted by atomic mass is 10.0. The van der Waals surface area contributed by atoms with Crippen LogP contribution in [-0.2, 0) is 4.79 Å². The first-order valence-electron chi connectivity index (χ1n) is 5.97. The normalized spacial score (nSPS) is 16.2. The molecule has 3 heteroatoms. The average molecular weight is 235 g/mol. The van der Waals surface area contributed by atoms with Crippen molar-refractivity contribution in [3.05, 3.63) is 35.4 Å². The zero-order valence-electron chi connectivity index (χ0n) is 10.9. The number of carboxylic acids is 1. The van der Waals surface area contributed by atoms with E-state index in [0.717, 1.165) is 0 Å². The lowest BCUT2D eigenvalue weighted by Crippen LogP contribution is -2.37. The van der Waals surface area contributed by atoms with Crippen LogP contribution in [-0.4, -0.2) is 17.1 Å². The molecule has 0 bridgehead atoms. The van der Waals surface area contributed by atoms with Gasteiger partial charge in [0.2, 0.25) is 0 Å². The van der Waals surface area contributed by atoms with Gasteiger partial charge in [0.05, 0.1) is 5.92 Å². The fraction of sp³-hybridized carbons (Fsp3) is 0.500. The monoisotopic (exact) mass is 235 g/mol. The molecule has 0 radical (unpaired) electrons. The summed E-state index contributed by atoms with van der Waals surface area (Å²) in [4.78, 5) is 10.9. The van der Waals surface area contributed by atoms with Gasteiger partial charge < -0.3 is 10.4 Å². The average Bonchev–Trinajstić information content (AvgIpc) is 2.27. The van der Waals surface area contributed by atoms with Gasteiger partial charge in [0.15, 0.2) is 0 Å². The molecule has 2 N–H and O–H groups in total. The number of benzene rings is 1. The Morgan fingerprint density at radius 1 is 1.29 bits per heavy atom. The molecule has 2 unspecified atom stereocenters. The Balaban J connectivity index is 2.66. The van der Waals surface area contributed by atoms with E-state index in [1.807, 2.05) is 13.0 Å². The predicted molar refractivity (Wildman–Crippen MR) is 69.0 cm³/mol. The number of aryl methyl sites for hydroxylation is 1. The highest BCUT2D eigenvalue weighted by Crippen LogP contribution is 2.16. The van der Waals surface area contributed by atoms with Crippen LogP contribution < -0.4 is 5.32 Å². The zero-order valence-corrected chi connectivity index (χ0v) is 10.9. The Morgan fingerprint density at radius 2 is 1.94 bits per heavy atom. The van der Waals surface area contributed by atoms with Crippen LogP contribution >= 0.6 is 0 Å². The molecule has 0 aliphatic heterocycles. The van der Waals surface area contributed by atoms with Gasteiger partial charge in [-0.25, -0.2) is 0 Å². The number of carbonyl (C=O) groups is 1. The quantitative estimate of drug-likeness (QED) is 0.825. The molecule has 0 saturated carbocycles. The summed E-state index contributed by atoms with van der Waals surface area (Å²) >= 11 is 0. The minimum absolute atomic E-state index is 0.0528. The van der Waals surface area contributed by atoms with Gasteiger partial charge in [-0.15, -0.1) is 0 Å². The third kappa shape index (κ3) is 3.86. The molecular weight excluding hydrogens is 214 g/mol. The standard InChI is InChI=1S/C14H21NO2/c1-9-6-5-7-13(8-9)12(4)15-11(3)10(2)14(16)17/h5-8,10-12,15H,1-4H3,(H,16,17)/t10?,11?,12-/m1/s1. The summed E-state index contributed by atoms with van der Waals surface area (Å²) in [6, 6.07) is 8.36. The van der Waals surface area contributed by atoms with Gasteiger partial charge >= 0.3 is 5.97 Å². The van der Waals surface area contributed by atoms with Crippen LogP contribution in [0.15, 0.2) is 24.3 Å². The number of nitrogens with one attached hydrogen (secondary N) is 1. The molecule has 1 rings (SSSR count). The Kier molecular flexibility index (Phi) is 4.70. The third-order valence-electron chi connectivity index (χ3n) is 3.19. The number of hydrogen-bond donors (Lipinski definition) is 2. The topological polar surface area (TPSA) is 49.3 Å². The molecule has 0 saturated heterocycles. The molecular formula is C14H21NO2. The van der Waals surface area contributed by atoms with Crippen molar-refractivity contribution in [3.63, 3.8) is 0 Å². The van der Waals surface area contributed by atoms with Crippen LogP contribution in [0.2, 0.25) is 0 Å². The highest BCUT2D eigenvalue weighted by Gasteiger charge is 2.20. The summed E-state index contributed by atoms with van der Waals surface area (Å²) in [6.45, 7) is 7.74. The highest BCUT2D eigenvalue weighted by molar-refractivity contribution is 5.70. The third-order valence-corrected chi connectivity index (χ3v) is 3.19. The number of rotatable bonds is 5. The molecule has 1 aromatic carbocycles.